The standard InChI is InChI=1S/C20H24F2O12S/c1-28-7-29-15-12-11(14(23)31-15)13-16(30-12)33-19(32-13)9-2-8-3-10(19)6-18(4-8,5-9)34-17(24)20(21,22)35(25,26)27/h8-13,15-16H,2-7H2,1H3,(H,25,26,27). The lowest BCUT2D eigenvalue weighted by molar-refractivity contribution is -0.344. The second-order valence-electron chi connectivity index (χ2n) is 10.2. The Morgan fingerprint density at radius 3 is 2.49 bits per heavy atom. The van der Waals surface area contributed by atoms with Crippen LogP contribution in [0.4, 0.5) is 8.78 Å². The fourth-order valence-electron chi connectivity index (χ4n) is 7.07. The predicted octanol–water partition coefficient (Wildman–Crippen LogP) is 0.545. The molecule has 0 radical (unpaired) electrons. The Bertz CT molecular complexity index is 1030. The van der Waals surface area contributed by atoms with Crippen LogP contribution in [0.2, 0.25) is 0 Å². The summed E-state index contributed by atoms with van der Waals surface area (Å²) in [4.78, 5) is 24.6. The molecular formula is C20H24F2O12S. The smallest absolute Gasteiger partial charge is 0.454 e. The number of carbonyl (C=O) groups is 2. The lowest BCUT2D eigenvalue weighted by Crippen LogP contribution is -2.66. The van der Waals surface area contributed by atoms with Gasteiger partial charge < -0.3 is 33.2 Å². The Morgan fingerprint density at radius 2 is 1.86 bits per heavy atom. The van der Waals surface area contributed by atoms with E-state index < -0.39 is 69.4 Å². The summed E-state index contributed by atoms with van der Waals surface area (Å²) in [6.07, 6.45) is -1.61. The maximum atomic E-state index is 13.9. The van der Waals surface area contributed by atoms with Gasteiger partial charge in [-0.1, -0.05) is 0 Å². The Kier molecular flexibility index (Phi) is 5.13. The van der Waals surface area contributed by atoms with Crippen molar-refractivity contribution in [2.75, 3.05) is 13.9 Å². The zero-order valence-electron chi connectivity index (χ0n) is 18.5. The topological polar surface area (TPSA) is 153 Å². The number of ether oxygens (including phenoxy) is 7. The highest BCUT2D eigenvalue weighted by molar-refractivity contribution is 7.87. The first-order chi connectivity index (χ1) is 16.4. The van der Waals surface area contributed by atoms with Crippen molar-refractivity contribution in [2.24, 2.45) is 23.7 Å². The molecular weight excluding hydrogens is 502 g/mol. The molecule has 1 spiro atoms. The number of alkyl halides is 2. The first-order valence-electron chi connectivity index (χ1n) is 11.3. The van der Waals surface area contributed by atoms with Crippen molar-refractivity contribution in [2.45, 2.75) is 73.5 Å². The maximum Gasteiger partial charge on any atom is 0.465 e. The summed E-state index contributed by atoms with van der Waals surface area (Å²) in [5, 5.41) is -5.07. The van der Waals surface area contributed by atoms with Crippen molar-refractivity contribution in [1.82, 2.24) is 0 Å². The van der Waals surface area contributed by atoms with Gasteiger partial charge in [0.15, 0.2) is 18.9 Å². The van der Waals surface area contributed by atoms with Gasteiger partial charge in [-0.2, -0.15) is 17.2 Å². The van der Waals surface area contributed by atoms with E-state index in [1.54, 1.807) is 0 Å². The number of hydrogen-bond donors (Lipinski definition) is 1. The van der Waals surface area contributed by atoms with Crippen molar-refractivity contribution in [1.29, 1.82) is 0 Å². The van der Waals surface area contributed by atoms with Crippen molar-refractivity contribution in [3.8, 4) is 0 Å². The normalized spacial score (nSPS) is 47.7. The molecule has 0 aromatic rings. The zero-order chi connectivity index (χ0) is 25.0. The second kappa shape index (κ2) is 7.52. The highest BCUT2D eigenvalue weighted by Gasteiger charge is 2.74. The minimum Gasteiger partial charge on any atom is -0.454 e. The van der Waals surface area contributed by atoms with Gasteiger partial charge in [0.1, 0.15) is 23.7 Å². The molecule has 7 atom stereocenters. The lowest BCUT2D eigenvalue weighted by Gasteiger charge is -2.62. The quantitative estimate of drug-likeness (QED) is 0.292. The van der Waals surface area contributed by atoms with E-state index >= 15 is 0 Å². The highest BCUT2D eigenvalue weighted by atomic mass is 32.2. The maximum absolute atomic E-state index is 13.9. The van der Waals surface area contributed by atoms with Crippen LogP contribution in [0.15, 0.2) is 0 Å². The Hall–Kier alpha value is -1.49. The number of cyclic esters (lactones) is 1. The van der Waals surface area contributed by atoms with Crippen LogP contribution >= 0.6 is 0 Å². The fourth-order valence-corrected chi connectivity index (χ4v) is 7.32. The van der Waals surface area contributed by atoms with E-state index in [1.165, 1.54) is 7.11 Å². The third-order valence-corrected chi connectivity index (χ3v) is 8.97. The van der Waals surface area contributed by atoms with Crippen molar-refractivity contribution in [3.05, 3.63) is 0 Å². The average Bonchev–Trinajstić information content (AvgIpc) is 3.38. The molecule has 12 nitrogen and oxygen atoms in total. The first-order valence-corrected chi connectivity index (χ1v) is 12.7. The molecule has 0 amide bonds. The van der Waals surface area contributed by atoms with Crippen molar-refractivity contribution < 1.29 is 64.5 Å². The third kappa shape index (κ3) is 3.32. The van der Waals surface area contributed by atoms with E-state index in [-0.39, 0.29) is 37.4 Å². The minimum absolute atomic E-state index is 0.0230. The number of methoxy groups -OCH3 is 1. The van der Waals surface area contributed by atoms with Crippen LogP contribution in [0.5, 0.6) is 0 Å². The number of carbonyl (C=O) groups excluding carboxylic acids is 2. The zero-order valence-corrected chi connectivity index (χ0v) is 19.3. The van der Waals surface area contributed by atoms with Crippen LogP contribution in [0, 0.1) is 23.7 Å². The average molecular weight is 526 g/mol. The molecule has 3 heterocycles. The predicted molar refractivity (Wildman–Crippen MR) is 103 cm³/mol. The Morgan fingerprint density at radius 1 is 1.17 bits per heavy atom. The largest absolute Gasteiger partial charge is 0.465 e. The van der Waals surface area contributed by atoms with Crippen LogP contribution in [0.25, 0.3) is 0 Å². The van der Waals surface area contributed by atoms with Gasteiger partial charge in [0, 0.05) is 18.9 Å². The molecule has 3 aliphatic heterocycles. The fraction of sp³-hybridized carbons (Fsp3) is 0.900. The molecule has 7 fully saturated rings. The second-order valence-corrected chi connectivity index (χ2v) is 11.7. The summed E-state index contributed by atoms with van der Waals surface area (Å²) in [5.41, 5.74) is -1.33. The monoisotopic (exact) mass is 526 g/mol. The van der Waals surface area contributed by atoms with Crippen LogP contribution in [0.3, 0.4) is 0 Å². The molecule has 1 N–H and O–H groups in total. The Balaban J connectivity index is 1.20. The minimum atomic E-state index is -5.98. The van der Waals surface area contributed by atoms with Crippen LogP contribution < -0.4 is 0 Å². The summed E-state index contributed by atoms with van der Waals surface area (Å²) in [6, 6.07) is 0. The van der Waals surface area contributed by atoms with Gasteiger partial charge in [-0.05, 0) is 38.0 Å². The van der Waals surface area contributed by atoms with Gasteiger partial charge in [0.05, 0.1) is 0 Å². The molecule has 15 heteroatoms. The number of hydrogen-bond acceptors (Lipinski definition) is 11. The van der Waals surface area contributed by atoms with Crippen LogP contribution in [-0.4, -0.2) is 80.2 Å². The number of fused-ring (bicyclic) bond motifs is 3. The van der Waals surface area contributed by atoms with Crippen molar-refractivity contribution >= 4 is 22.1 Å². The third-order valence-electron chi connectivity index (χ3n) is 8.15. The van der Waals surface area contributed by atoms with E-state index in [4.69, 9.17) is 37.7 Å². The van der Waals surface area contributed by atoms with Gasteiger partial charge >= 0.3 is 27.3 Å². The van der Waals surface area contributed by atoms with E-state index in [9.17, 15) is 26.8 Å². The van der Waals surface area contributed by atoms with Gasteiger partial charge in [-0.3, -0.25) is 9.35 Å². The first kappa shape index (κ1) is 23.9. The SMILES string of the molecule is COCOC1OC(=O)C2C1OC1OC3(OC12)C1CC2CC3CC(OC(=O)C(F)(F)S(=O)(=O)O)(C2)C1. The number of rotatable bonds is 6. The van der Waals surface area contributed by atoms with Crippen molar-refractivity contribution in [3.63, 3.8) is 0 Å². The number of esters is 2. The molecule has 196 valence electrons. The van der Waals surface area contributed by atoms with Gasteiger partial charge in [-0.15, -0.1) is 0 Å². The molecule has 7 aliphatic rings. The molecule has 4 saturated carbocycles. The molecule has 0 aromatic carbocycles. The van der Waals surface area contributed by atoms with Crippen LogP contribution in [-0.2, 0) is 52.9 Å². The highest BCUT2D eigenvalue weighted by Crippen LogP contribution is 2.66. The summed E-state index contributed by atoms with van der Waals surface area (Å²) in [5.74, 6) is -5.51. The van der Waals surface area contributed by atoms with E-state index in [0.29, 0.717) is 19.3 Å². The van der Waals surface area contributed by atoms with Gasteiger partial charge in [0.25, 0.3) is 0 Å². The van der Waals surface area contributed by atoms with Crippen LogP contribution in [0.1, 0.15) is 32.1 Å². The van der Waals surface area contributed by atoms with Gasteiger partial charge in [-0.25, -0.2) is 4.79 Å². The summed E-state index contributed by atoms with van der Waals surface area (Å²) in [7, 11) is -4.55. The summed E-state index contributed by atoms with van der Waals surface area (Å²) < 4.78 is 97.7. The summed E-state index contributed by atoms with van der Waals surface area (Å²) >= 11 is 0. The molecule has 4 aliphatic carbocycles. The lowest BCUT2D eigenvalue weighted by atomic mass is 9.51. The molecule has 4 bridgehead atoms. The Labute approximate surface area is 198 Å². The van der Waals surface area contributed by atoms with E-state index in [1.807, 2.05) is 0 Å². The van der Waals surface area contributed by atoms with E-state index in [2.05, 4.69) is 0 Å². The molecule has 7 unspecified atom stereocenters. The molecule has 3 saturated heterocycles. The molecule has 0 aromatic heterocycles. The molecule has 7 rings (SSSR count). The molecule has 35 heavy (non-hydrogen) atoms. The summed E-state index contributed by atoms with van der Waals surface area (Å²) in [6.45, 7) is -0.103. The van der Waals surface area contributed by atoms with Gasteiger partial charge in [0.2, 0.25) is 6.29 Å². The van der Waals surface area contributed by atoms with E-state index in [0.717, 1.165) is 0 Å². The number of halogens is 2.